The van der Waals surface area contributed by atoms with Gasteiger partial charge >= 0.3 is 6.01 Å². The maximum Gasteiger partial charge on any atom is 0.319 e. The second kappa shape index (κ2) is 10.0. The van der Waals surface area contributed by atoms with E-state index in [2.05, 4.69) is 19.9 Å². The number of phenolic OH excluding ortho intramolecular Hbond substituents is 1. The van der Waals surface area contributed by atoms with E-state index in [0.29, 0.717) is 30.6 Å². The number of hydrogen-bond acceptors (Lipinski definition) is 8. The number of fused-ring (bicyclic) bond motifs is 2. The topological polar surface area (TPSA) is 83.8 Å². The van der Waals surface area contributed by atoms with E-state index in [9.17, 15) is 13.9 Å². The summed E-state index contributed by atoms with van der Waals surface area (Å²) in [5.41, 5.74) is -0.670. The molecule has 3 atom stereocenters. The summed E-state index contributed by atoms with van der Waals surface area (Å²) in [5.74, 6) is -1.19. The lowest BCUT2D eigenvalue weighted by Crippen LogP contribution is -2.43. The molecule has 2 fully saturated rings. The number of pyridine rings is 1. The summed E-state index contributed by atoms with van der Waals surface area (Å²) < 4.78 is 57.8. The first-order valence-electron chi connectivity index (χ1n) is 14.1. The molecule has 42 heavy (non-hydrogen) atoms. The lowest BCUT2D eigenvalue weighted by atomic mass is 9.95. The molecule has 0 amide bonds. The molecule has 0 spiro atoms. The van der Waals surface area contributed by atoms with Crippen LogP contribution in [0.3, 0.4) is 0 Å². The molecule has 5 heterocycles. The van der Waals surface area contributed by atoms with Gasteiger partial charge in [-0.2, -0.15) is 9.97 Å². The van der Waals surface area contributed by atoms with E-state index >= 15 is 4.39 Å². The van der Waals surface area contributed by atoms with E-state index in [1.165, 1.54) is 24.3 Å². The number of rotatable bonds is 5. The SMILES string of the molecule is CC[C@H]1COc2nc(-c3cc(O)cc4ccc(F)c(Cl)c34)c(F)c3nc(OC[C@@]45CCCN4C[C@H](F)C5)nc(c23)N1C. The van der Waals surface area contributed by atoms with Crippen molar-refractivity contribution in [3.63, 3.8) is 0 Å². The number of phenols is 1. The van der Waals surface area contributed by atoms with Crippen LogP contribution in [0.4, 0.5) is 19.0 Å². The van der Waals surface area contributed by atoms with Crippen LogP contribution in [0.5, 0.6) is 17.6 Å². The van der Waals surface area contributed by atoms with Crippen molar-refractivity contribution in [1.29, 1.82) is 0 Å². The third-order valence-electron chi connectivity index (χ3n) is 8.96. The Morgan fingerprint density at radius 2 is 2.02 bits per heavy atom. The van der Waals surface area contributed by atoms with Gasteiger partial charge in [0, 0.05) is 31.0 Å². The van der Waals surface area contributed by atoms with Crippen LogP contribution >= 0.6 is 11.6 Å². The third-order valence-corrected chi connectivity index (χ3v) is 9.33. The normalized spacial score (nSPS) is 23.8. The monoisotopic (exact) mass is 599 g/mol. The minimum atomic E-state index is -0.924. The van der Waals surface area contributed by atoms with Crippen LogP contribution in [-0.4, -0.2) is 76.1 Å². The zero-order chi connectivity index (χ0) is 29.3. The quantitative estimate of drug-likeness (QED) is 0.297. The molecule has 1 N–H and O–H groups in total. The fraction of sp³-hybridized carbons (Fsp3) is 0.433. The molecule has 220 valence electrons. The molecule has 0 radical (unpaired) electrons. The summed E-state index contributed by atoms with van der Waals surface area (Å²) in [6.07, 6.45) is 1.91. The zero-order valence-electron chi connectivity index (χ0n) is 23.1. The van der Waals surface area contributed by atoms with Crippen LogP contribution < -0.4 is 14.4 Å². The van der Waals surface area contributed by atoms with E-state index in [1.54, 1.807) is 0 Å². The largest absolute Gasteiger partial charge is 0.508 e. The van der Waals surface area contributed by atoms with Gasteiger partial charge in [0.15, 0.2) is 5.82 Å². The Kier molecular flexibility index (Phi) is 6.50. The van der Waals surface area contributed by atoms with Crippen LogP contribution in [-0.2, 0) is 0 Å². The predicted octanol–water partition coefficient (Wildman–Crippen LogP) is 6.04. The fourth-order valence-corrected chi connectivity index (χ4v) is 7.05. The maximum absolute atomic E-state index is 16.6. The summed E-state index contributed by atoms with van der Waals surface area (Å²) in [6.45, 7) is 3.61. The highest BCUT2D eigenvalue weighted by atomic mass is 35.5. The molecule has 3 aliphatic heterocycles. The number of aromatic hydroxyl groups is 1. The summed E-state index contributed by atoms with van der Waals surface area (Å²) >= 11 is 6.36. The van der Waals surface area contributed by atoms with E-state index < -0.39 is 23.3 Å². The number of aromatic nitrogens is 3. The Labute approximate surface area is 245 Å². The van der Waals surface area contributed by atoms with Crippen LogP contribution in [0.15, 0.2) is 24.3 Å². The number of hydrogen-bond donors (Lipinski definition) is 1. The number of anilines is 1. The zero-order valence-corrected chi connectivity index (χ0v) is 23.9. The number of nitrogens with zero attached hydrogens (tertiary/aromatic N) is 5. The van der Waals surface area contributed by atoms with Crippen LogP contribution in [0.25, 0.3) is 32.9 Å². The molecule has 0 saturated carbocycles. The standard InChI is InChI=1S/C30H29ClF3N5O3/c1-3-17-13-41-28-22-26(24(34)25(35-28)19-10-18(40)9-15-5-6-20(33)23(31)21(15)19)36-29(37-27(22)38(17)2)42-14-30-7-4-8-39(30)12-16(32)11-30/h5-6,9-10,16-17,40H,3-4,7-8,11-14H2,1-2H3/t16-,17+,30+/m1/s1. The molecule has 2 aromatic carbocycles. The number of alkyl halides is 1. The lowest BCUT2D eigenvalue weighted by molar-refractivity contribution is 0.107. The Morgan fingerprint density at radius 1 is 1.19 bits per heavy atom. The molecule has 7 rings (SSSR count). The molecular weight excluding hydrogens is 571 g/mol. The van der Waals surface area contributed by atoms with Crippen molar-refractivity contribution in [2.24, 2.45) is 0 Å². The Bertz CT molecular complexity index is 1740. The molecule has 2 aromatic heterocycles. The van der Waals surface area contributed by atoms with Gasteiger partial charge < -0.3 is 19.5 Å². The molecule has 0 bridgehead atoms. The van der Waals surface area contributed by atoms with Gasteiger partial charge in [-0.3, -0.25) is 4.90 Å². The van der Waals surface area contributed by atoms with Gasteiger partial charge in [-0.25, -0.2) is 18.2 Å². The Balaban J connectivity index is 1.42. The summed E-state index contributed by atoms with van der Waals surface area (Å²) in [5, 5.41) is 11.1. The van der Waals surface area contributed by atoms with Crippen molar-refractivity contribution < 1.29 is 27.8 Å². The minimum absolute atomic E-state index is 0.0449. The van der Waals surface area contributed by atoms with Gasteiger partial charge in [0.1, 0.15) is 53.4 Å². The molecular formula is C30H29ClF3N5O3. The average molecular weight is 600 g/mol. The number of benzene rings is 2. The molecule has 8 nitrogen and oxygen atoms in total. The highest BCUT2D eigenvalue weighted by molar-refractivity contribution is 6.37. The van der Waals surface area contributed by atoms with Gasteiger partial charge in [0.25, 0.3) is 0 Å². The van der Waals surface area contributed by atoms with Crippen LogP contribution in [0.2, 0.25) is 5.02 Å². The van der Waals surface area contributed by atoms with E-state index in [-0.39, 0.29) is 69.5 Å². The summed E-state index contributed by atoms with van der Waals surface area (Å²) in [6, 6.07) is 5.19. The van der Waals surface area contributed by atoms with Gasteiger partial charge in [-0.05, 0) is 49.4 Å². The van der Waals surface area contributed by atoms with Crippen molar-refractivity contribution in [1.82, 2.24) is 19.9 Å². The van der Waals surface area contributed by atoms with Crippen LogP contribution in [0.1, 0.15) is 32.6 Å². The predicted molar refractivity (Wildman–Crippen MR) is 153 cm³/mol. The molecule has 0 aliphatic carbocycles. The first-order valence-corrected chi connectivity index (χ1v) is 14.5. The smallest absolute Gasteiger partial charge is 0.319 e. The minimum Gasteiger partial charge on any atom is -0.508 e. The molecule has 2 saturated heterocycles. The van der Waals surface area contributed by atoms with Gasteiger partial charge in [0.2, 0.25) is 5.88 Å². The van der Waals surface area contributed by atoms with Crippen molar-refractivity contribution in [2.45, 2.75) is 50.4 Å². The third kappa shape index (κ3) is 4.19. The fourth-order valence-electron chi connectivity index (χ4n) is 6.77. The van der Waals surface area contributed by atoms with Gasteiger partial charge in [0.05, 0.1) is 16.6 Å². The van der Waals surface area contributed by atoms with Crippen molar-refractivity contribution in [2.75, 3.05) is 38.3 Å². The molecule has 12 heteroatoms. The van der Waals surface area contributed by atoms with E-state index in [1.807, 2.05) is 18.9 Å². The summed E-state index contributed by atoms with van der Waals surface area (Å²) in [4.78, 5) is 17.7. The molecule has 3 aliphatic rings. The second-order valence-corrected chi connectivity index (χ2v) is 11.8. The molecule has 0 unspecified atom stereocenters. The van der Waals surface area contributed by atoms with Crippen molar-refractivity contribution >= 4 is 39.1 Å². The number of ether oxygens (including phenoxy) is 2. The maximum atomic E-state index is 16.6. The highest BCUT2D eigenvalue weighted by Gasteiger charge is 2.49. The van der Waals surface area contributed by atoms with Gasteiger partial charge in [-0.1, -0.05) is 24.6 Å². The number of halogens is 4. The van der Waals surface area contributed by atoms with Crippen molar-refractivity contribution in [3.8, 4) is 28.9 Å². The van der Waals surface area contributed by atoms with Crippen LogP contribution in [0, 0.1) is 11.6 Å². The summed E-state index contributed by atoms with van der Waals surface area (Å²) in [7, 11) is 1.84. The first-order chi connectivity index (χ1) is 20.2. The molecule has 4 aromatic rings. The van der Waals surface area contributed by atoms with E-state index in [4.69, 9.17) is 21.1 Å². The first kappa shape index (κ1) is 27.3. The Morgan fingerprint density at radius 3 is 2.83 bits per heavy atom. The van der Waals surface area contributed by atoms with Gasteiger partial charge in [-0.15, -0.1) is 0 Å². The lowest BCUT2D eigenvalue weighted by Gasteiger charge is -2.31. The number of likely N-dealkylation sites (N-methyl/N-ethyl adjacent to an activating group) is 1. The second-order valence-electron chi connectivity index (χ2n) is 11.4. The van der Waals surface area contributed by atoms with E-state index in [0.717, 1.165) is 19.4 Å². The van der Waals surface area contributed by atoms with Crippen molar-refractivity contribution in [3.05, 3.63) is 40.9 Å². The Hall–Kier alpha value is -3.57. The average Bonchev–Trinajstić information content (AvgIpc) is 3.45. The highest BCUT2D eigenvalue weighted by Crippen LogP contribution is 2.45.